The van der Waals surface area contributed by atoms with Crippen LogP contribution in [-0.4, -0.2) is 59.2 Å². The van der Waals surface area contributed by atoms with Crippen molar-refractivity contribution in [3.63, 3.8) is 0 Å². The fraction of sp³-hybridized carbons (Fsp3) is 0.700. The third-order valence-electron chi connectivity index (χ3n) is 2.74. The Morgan fingerprint density at radius 2 is 2.00 bits per heavy atom. The summed E-state index contributed by atoms with van der Waals surface area (Å²) in [6.07, 6.45) is 1.95. The van der Waals surface area contributed by atoms with Gasteiger partial charge in [0.15, 0.2) is 0 Å². The van der Waals surface area contributed by atoms with Crippen molar-refractivity contribution in [2.75, 3.05) is 39.3 Å². The molecule has 0 atom stereocenters. The largest absolute Gasteiger partial charge is 0.395 e. The lowest BCUT2D eigenvalue weighted by Gasteiger charge is -2.33. The van der Waals surface area contributed by atoms with Gasteiger partial charge in [0, 0.05) is 50.3 Å². The Labute approximate surface area is 94.2 Å². The highest BCUT2D eigenvalue weighted by Crippen LogP contribution is 2.11. The van der Waals surface area contributed by atoms with Gasteiger partial charge in [-0.2, -0.15) is 0 Å². The molecule has 0 amide bonds. The predicted molar refractivity (Wildman–Crippen MR) is 60.9 cm³/mol. The molecule has 1 saturated heterocycles. The number of piperazine rings is 1. The average molecular weight is 227 g/mol. The maximum Gasteiger partial charge on any atom is 0.0794 e. The first kappa shape index (κ1) is 11.0. The predicted octanol–water partition coefficient (Wildman–Crippen LogP) is 0.253. The fourth-order valence-electron chi connectivity index (χ4n) is 1.85. The lowest BCUT2D eigenvalue weighted by molar-refractivity contribution is 0.109. The molecule has 0 aromatic carbocycles. The molecule has 0 spiro atoms. The zero-order valence-electron chi connectivity index (χ0n) is 8.80. The van der Waals surface area contributed by atoms with Crippen molar-refractivity contribution in [3.8, 4) is 0 Å². The summed E-state index contributed by atoms with van der Waals surface area (Å²) < 4.78 is 0. The van der Waals surface area contributed by atoms with Crippen molar-refractivity contribution in [2.45, 2.75) is 6.54 Å². The maximum absolute atomic E-state index is 8.83. The minimum atomic E-state index is 0.273. The van der Waals surface area contributed by atoms with Crippen LogP contribution in [0.1, 0.15) is 4.88 Å². The summed E-state index contributed by atoms with van der Waals surface area (Å²) in [6.45, 7) is 6.44. The standard InChI is InChI=1S/C10H17N3OS/c14-6-5-12-1-3-13(4-2-12)8-10-7-11-9-15-10/h7,9,14H,1-6,8H2. The van der Waals surface area contributed by atoms with Gasteiger partial charge in [0.05, 0.1) is 12.1 Å². The smallest absolute Gasteiger partial charge is 0.0794 e. The first-order chi connectivity index (χ1) is 7.38. The second-order valence-electron chi connectivity index (χ2n) is 3.81. The van der Waals surface area contributed by atoms with E-state index in [1.807, 2.05) is 11.7 Å². The van der Waals surface area contributed by atoms with Crippen LogP contribution in [0.4, 0.5) is 0 Å². The quantitative estimate of drug-likeness (QED) is 0.800. The van der Waals surface area contributed by atoms with E-state index in [0.717, 1.165) is 39.3 Å². The SMILES string of the molecule is OCCN1CCN(Cc2cncs2)CC1. The Bertz CT molecular complexity index is 270. The summed E-state index contributed by atoms with van der Waals surface area (Å²) in [7, 11) is 0. The van der Waals surface area contributed by atoms with E-state index < -0.39 is 0 Å². The van der Waals surface area contributed by atoms with Crippen LogP contribution in [0, 0.1) is 0 Å². The van der Waals surface area contributed by atoms with Gasteiger partial charge in [0.25, 0.3) is 0 Å². The zero-order valence-corrected chi connectivity index (χ0v) is 9.62. The number of aliphatic hydroxyl groups excluding tert-OH is 1. The third kappa shape index (κ3) is 3.24. The molecule has 1 aliphatic rings. The summed E-state index contributed by atoms with van der Waals surface area (Å²) in [6, 6.07) is 0. The number of hydrogen-bond donors (Lipinski definition) is 1. The van der Waals surface area contributed by atoms with Crippen LogP contribution in [0.15, 0.2) is 11.7 Å². The van der Waals surface area contributed by atoms with Crippen molar-refractivity contribution in [3.05, 3.63) is 16.6 Å². The molecule has 1 aromatic rings. The molecule has 1 N–H and O–H groups in total. The summed E-state index contributed by atoms with van der Waals surface area (Å²) in [5.41, 5.74) is 1.89. The minimum Gasteiger partial charge on any atom is -0.395 e. The van der Waals surface area contributed by atoms with E-state index in [9.17, 15) is 0 Å². The molecule has 1 fully saturated rings. The van der Waals surface area contributed by atoms with E-state index in [2.05, 4.69) is 14.8 Å². The number of thiazole rings is 1. The fourth-order valence-corrected chi connectivity index (χ4v) is 2.49. The van der Waals surface area contributed by atoms with Crippen LogP contribution in [0.5, 0.6) is 0 Å². The number of β-amino-alcohol motifs (C(OH)–C–C–N with tert-alkyl or cyclic N) is 1. The molecular weight excluding hydrogens is 210 g/mol. The Kier molecular flexibility index (Phi) is 4.08. The van der Waals surface area contributed by atoms with Gasteiger partial charge >= 0.3 is 0 Å². The van der Waals surface area contributed by atoms with Gasteiger partial charge in [-0.15, -0.1) is 11.3 Å². The number of aliphatic hydroxyl groups is 1. The Hall–Kier alpha value is -0.490. The van der Waals surface area contributed by atoms with Crippen LogP contribution in [0.3, 0.4) is 0 Å². The Balaban J connectivity index is 1.74. The zero-order chi connectivity index (χ0) is 10.5. The summed E-state index contributed by atoms with van der Waals surface area (Å²) in [4.78, 5) is 10.2. The van der Waals surface area contributed by atoms with Gasteiger partial charge in [-0.25, -0.2) is 0 Å². The van der Waals surface area contributed by atoms with Gasteiger partial charge in [0.1, 0.15) is 0 Å². The first-order valence-electron chi connectivity index (χ1n) is 5.31. The number of aromatic nitrogens is 1. The van der Waals surface area contributed by atoms with E-state index in [1.165, 1.54) is 4.88 Å². The molecule has 2 heterocycles. The van der Waals surface area contributed by atoms with E-state index in [4.69, 9.17) is 5.11 Å². The second-order valence-corrected chi connectivity index (χ2v) is 4.78. The van der Waals surface area contributed by atoms with Crippen molar-refractivity contribution >= 4 is 11.3 Å². The van der Waals surface area contributed by atoms with Gasteiger partial charge in [-0.05, 0) is 0 Å². The third-order valence-corrected chi connectivity index (χ3v) is 3.51. The van der Waals surface area contributed by atoms with Crippen LogP contribution in [0.25, 0.3) is 0 Å². The second kappa shape index (κ2) is 5.55. The van der Waals surface area contributed by atoms with Crippen LogP contribution >= 0.6 is 11.3 Å². The summed E-state index contributed by atoms with van der Waals surface area (Å²) in [5, 5.41) is 8.83. The van der Waals surface area contributed by atoms with Gasteiger partial charge in [0.2, 0.25) is 0 Å². The lowest BCUT2D eigenvalue weighted by atomic mass is 10.3. The summed E-state index contributed by atoms with van der Waals surface area (Å²) >= 11 is 1.72. The highest BCUT2D eigenvalue weighted by atomic mass is 32.1. The van der Waals surface area contributed by atoms with E-state index in [0.29, 0.717) is 0 Å². The molecule has 1 aliphatic heterocycles. The van der Waals surface area contributed by atoms with Crippen molar-refractivity contribution < 1.29 is 5.11 Å². The lowest BCUT2D eigenvalue weighted by Crippen LogP contribution is -2.46. The van der Waals surface area contributed by atoms with Crippen molar-refractivity contribution in [1.82, 2.24) is 14.8 Å². The molecule has 0 saturated carbocycles. The van der Waals surface area contributed by atoms with Crippen LogP contribution in [0.2, 0.25) is 0 Å². The molecule has 0 unspecified atom stereocenters. The molecule has 4 nitrogen and oxygen atoms in total. The highest BCUT2D eigenvalue weighted by molar-refractivity contribution is 7.09. The molecule has 1 aromatic heterocycles. The first-order valence-corrected chi connectivity index (χ1v) is 6.19. The molecule has 0 aliphatic carbocycles. The summed E-state index contributed by atoms with van der Waals surface area (Å²) in [5.74, 6) is 0. The highest BCUT2D eigenvalue weighted by Gasteiger charge is 2.16. The molecule has 2 rings (SSSR count). The average Bonchev–Trinajstić information content (AvgIpc) is 2.74. The van der Waals surface area contributed by atoms with Crippen molar-refractivity contribution in [1.29, 1.82) is 0 Å². The molecule has 15 heavy (non-hydrogen) atoms. The van der Waals surface area contributed by atoms with Gasteiger partial charge in [-0.1, -0.05) is 0 Å². The van der Waals surface area contributed by atoms with Crippen LogP contribution < -0.4 is 0 Å². The van der Waals surface area contributed by atoms with Gasteiger partial charge in [-0.3, -0.25) is 14.8 Å². The number of rotatable bonds is 4. The normalized spacial score (nSPS) is 19.5. The van der Waals surface area contributed by atoms with Crippen molar-refractivity contribution in [2.24, 2.45) is 0 Å². The minimum absolute atomic E-state index is 0.273. The molecule has 0 bridgehead atoms. The van der Waals surface area contributed by atoms with Gasteiger partial charge < -0.3 is 5.11 Å². The van der Waals surface area contributed by atoms with E-state index >= 15 is 0 Å². The topological polar surface area (TPSA) is 39.6 Å². The monoisotopic (exact) mass is 227 g/mol. The number of nitrogens with zero attached hydrogens (tertiary/aromatic N) is 3. The molecule has 0 radical (unpaired) electrons. The molecule has 5 heteroatoms. The molecular formula is C10H17N3OS. The van der Waals surface area contributed by atoms with E-state index in [-0.39, 0.29) is 6.61 Å². The van der Waals surface area contributed by atoms with Crippen LogP contribution in [-0.2, 0) is 6.54 Å². The Morgan fingerprint density at radius 1 is 1.27 bits per heavy atom. The van der Waals surface area contributed by atoms with E-state index in [1.54, 1.807) is 11.3 Å². The number of hydrogen-bond acceptors (Lipinski definition) is 5. The molecule has 84 valence electrons. The maximum atomic E-state index is 8.83. The Morgan fingerprint density at radius 3 is 2.60 bits per heavy atom.